The monoisotopic (exact) mass is 437 g/mol. The van der Waals surface area contributed by atoms with Gasteiger partial charge < -0.3 is 9.88 Å². The highest BCUT2D eigenvalue weighted by atomic mass is 16.2. The Morgan fingerprint density at radius 1 is 1.00 bits per heavy atom. The van der Waals surface area contributed by atoms with Crippen LogP contribution in [0.25, 0.3) is 33.3 Å². The summed E-state index contributed by atoms with van der Waals surface area (Å²) in [6.45, 7) is 2.19. The second kappa shape index (κ2) is 8.35. The van der Waals surface area contributed by atoms with Gasteiger partial charge in [-0.3, -0.25) is 14.2 Å². The van der Waals surface area contributed by atoms with Crippen LogP contribution in [0.1, 0.15) is 12.0 Å². The standard InChI is InChI=1S/C26H23N5O2/c1-17-6-5-7-20-24(17)27-16-31(26(20)33)15-14-23(32)28-19-12-10-18(11-13-19)25-29-21-8-3-4-9-22(21)30(25)2/h3-13,16H,14-15H2,1-2H3,(H,28,32). The molecule has 1 N–H and O–H groups in total. The lowest BCUT2D eigenvalue weighted by molar-refractivity contribution is -0.116. The summed E-state index contributed by atoms with van der Waals surface area (Å²) in [4.78, 5) is 34.3. The van der Waals surface area contributed by atoms with Crippen molar-refractivity contribution in [3.8, 4) is 11.4 Å². The molecule has 7 heteroatoms. The normalized spacial score (nSPS) is 11.2. The van der Waals surface area contributed by atoms with Crippen molar-refractivity contribution in [3.05, 3.63) is 89.0 Å². The minimum atomic E-state index is -0.165. The number of carbonyl (C=O) groups excluding carboxylic acids is 1. The van der Waals surface area contributed by atoms with Crippen molar-refractivity contribution in [1.82, 2.24) is 19.1 Å². The lowest BCUT2D eigenvalue weighted by Gasteiger charge is -2.09. The summed E-state index contributed by atoms with van der Waals surface area (Å²) in [6, 6.07) is 21.1. The van der Waals surface area contributed by atoms with Crippen LogP contribution < -0.4 is 10.9 Å². The highest BCUT2D eigenvalue weighted by molar-refractivity contribution is 5.91. The van der Waals surface area contributed by atoms with Gasteiger partial charge in [-0.25, -0.2) is 9.97 Å². The Morgan fingerprint density at radius 2 is 1.79 bits per heavy atom. The number of aromatic nitrogens is 4. The van der Waals surface area contributed by atoms with Crippen LogP contribution in [0.3, 0.4) is 0 Å². The first-order valence-electron chi connectivity index (χ1n) is 10.8. The van der Waals surface area contributed by atoms with E-state index < -0.39 is 0 Å². The number of nitrogens with one attached hydrogen (secondary N) is 1. The molecule has 0 unspecified atom stereocenters. The van der Waals surface area contributed by atoms with Gasteiger partial charge in [0.2, 0.25) is 5.91 Å². The van der Waals surface area contributed by atoms with Crippen LogP contribution in [0.15, 0.2) is 77.9 Å². The highest BCUT2D eigenvalue weighted by Gasteiger charge is 2.11. The van der Waals surface area contributed by atoms with Gasteiger partial charge in [-0.15, -0.1) is 0 Å². The molecule has 0 atom stereocenters. The number of fused-ring (bicyclic) bond motifs is 2. The molecule has 0 spiro atoms. The summed E-state index contributed by atoms with van der Waals surface area (Å²) in [5, 5.41) is 3.46. The van der Waals surface area contributed by atoms with E-state index in [1.165, 1.54) is 10.9 Å². The van der Waals surface area contributed by atoms with Gasteiger partial charge in [0, 0.05) is 31.3 Å². The third-order valence-corrected chi connectivity index (χ3v) is 5.85. The highest BCUT2D eigenvalue weighted by Crippen LogP contribution is 2.24. The second-order valence-electron chi connectivity index (χ2n) is 8.07. The molecule has 0 radical (unpaired) electrons. The molecule has 0 aliphatic carbocycles. The van der Waals surface area contributed by atoms with Crippen LogP contribution in [0.2, 0.25) is 0 Å². The minimum absolute atomic E-state index is 0.136. The summed E-state index contributed by atoms with van der Waals surface area (Å²) in [7, 11) is 1.99. The number of hydrogen-bond donors (Lipinski definition) is 1. The van der Waals surface area contributed by atoms with Gasteiger partial charge in [-0.1, -0.05) is 24.3 Å². The molecule has 0 saturated carbocycles. The number of imidazole rings is 1. The molecule has 0 aliphatic rings. The zero-order valence-corrected chi connectivity index (χ0v) is 18.4. The fourth-order valence-electron chi connectivity index (χ4n) is 4.05. The largest absolute Gasteiger partial charge is 0.327 e. The number of rotatable bonds is 5. The summed E-state index contributed by atoms with van der Waals surface area (Å²) in [5.74, 6) is 0.703. The molecule has 0 aliphatic heterocycles. The SMILES string of the molecule is Cc1cccc2c(=O)n(CCC(=O)Nc3ccc(-c4nc5ccccc5n4C)cc3)cnc12. The van der Waals surface area contributed by atoms with Gasteiger partial charge in [0.05, 0.1) is 28.3 Å². The summed E-state index contributed by atoms with van der Waals surface area (Å²) >= 11 is 0. The number of carbonyl (C=O) groups is 1. The molecule has 2 heterocycles. The fraction of sp³-hybridized carbons (Fsp3) is 0.154. The van der Waals surface area contributed by atoms with E-state index in [0.29, 0.717) is 16.6 Å². The van der Waals surface area contributed by atoms with E-state index in [9.17, 15) is 9.59 Å². The van der Waals surface area contributed by atoms with Crippen LogP contribution in [0.5, 0.6) is 0 Å². The smallest absolute Gasteiger partial charge is 0.261 e. The zero-order valence-electron chi connectivity index (χ0n) is 18.4. The van der Waals surface area contributed by atoms with Crippen LogP contribution in [0, 0.1) is 6.92 Å². The Bertz CT molecular complexity index is 1550. The molecule has 0 bridgehead atoms. The first kappa shape index (κ1) is 20.6. The molecule has 33 heavy (non-hydrogen) atoms. The Hall–Kier alpha value is -4.26. The van der Waals surface area contributed by atoms with E-state index in [-0.39, 0.29) is 24.4 Å². The number of amides is 1. The van der Waals surface area contributed by atoms with Gasteiger partial charge in [0.25, 0.3) is 5.56 Å². The lowest BCUT2D eigenvalue weighted by Crippen LogP contribution is -2.23. The molecule has 164 valence electrons. The molecule has 0 fully saturated rings. The van der Waals surface area contributed by atoms with Crippen molar-refractivity contribution in [2.75, 3.05) is 5.32 Å². The Morgan fingerprint density at radius 3 is 2.58 bits per heavy atom. The van der Waals surface area contributed by atoms with E-state index >= 15 is 0 Å². The molecule has 5 aromatic rings. The van der Waals surface area contributed by atoms with Crippen molar-refractivity contribution in [3.63, 3.8) is 0 Å². The predicted molar refractivity (Wildman–Crippen MR) is 130 cm³/mol. The van der Waals surface area contributed by atoms with Gasteiger partial charge >= 0.3 is 0 Å². The Labute approximate surface area is 190 Å². The fourth-order valence-corrected chi connectivity index (χ4v) is 4.05. The van der Waals surface area contributed by atoms with Gasteiger partial charge in [-0.05, 0) is 55.0 Å². The molecular formula is C26H23N5O2. The predicted octanol–water partition coefficient (Wildman–Crippen LogP) is 4.29. The first-order chi connectivity index (χ1) is 16.0. The second-order valence-corrected chi connectivity index (χ2v) is 8.07. The Balaban J connectivity index is 1.27. The molecule has 1 amide bonds. The average molecular weight is 438 g/mol. The van der Waals surface area contributed by atoms with E-state index in [1.54, 1.807) is 6.07 Å². The van der Waals surface area contributed by atoms with E-state index in [2.05, 4.69) is 14.9 Å². The number of anilines is 1. The van der Waals surface area contributed by atoms with Crippen LogP contribution in [-0.2, 0) is 18.4 Å². The van der Waals surface area contributed by atoms with E-state index in [0.717, 1.165) is 28.0 Å². The molecule has 5 rings (SSSR count). The van der Waals surface area contributed by atoms with Gasteiger partial charge in [0.15, 0.2) is 0 Å². The number of aryl methyl sites for hydroxylation is 3. The van der Waals surface area contributed by atoms with E-state index in [1.807, 2.05) is 74.6 Å². The third-order valence-electron chi connectivity index (χ3n) is 5.85. The molecular weight excluding hydrogens is 414 g/mol. The molecule has 3 aromatic carbocycles. The van der Waals surface area contributed by atoms with E-state index in [4.69, 9.17) is 4.98 Å². The lowest BCUT2D eigenvalue weighted by atomic mass is 10.1. The van der Waals surface area contributed by atoms with Crippen LogP contribution in [-0.4, -0.2) is 25.0 Å². The van der Waals surface area contributed by atoms with Crippen molar-refractivity contribution in [1.29, 1.82) is 0 Å². The first-order valence-corrected chi connectivity index (χ1v) is 10.8. The summed E-state index contributed by atoms with van der Waals surface area (Å²) < 4.78 is 3.54. The zero-order chi connectivity index (χ0) is 22.9. The van der Waals surface area contributed by atoms with Gasteiger partial charge in [0.1, 0.15) is 5.82 Å². The maximum atomic E-state index is 12.7. The maximum absolute atomic E-state index is 12.7. The molecule has 0 saturated heterocycles. The number of nitrogens with zero attached hydrogens (tertiary/aromatic N) is 4. The van der Waals surface area contributed by atoms with Crippen LogP contribution in [0.4, 0.5) is 5.69 Å². The minimum Gasteiger partial charge on any atom is -0.327 e. The van der Waals surface area contributed by atoms with Crippen LogP contribution >= 0.6 is 0 Å². The quantitative estimate of drug-likeness (QED) is 0.445. The third kappa shape index (κ3) is 3.89. The van der Waals surface area contributed by atoms with Crippen molar-refractivity contribution in [2.45, 2.75) is 19.9 Å². The average Bonchev–Trinajstić information content (AvgIpc) is 3.16. The summed E-state index contributed by atoms with van der Waals surface area (Å²) in [5.41, 5.74) is 5.20. The Kier molecular flexibility index (Phi) is 5.22. The van der Waals surface area contributed by atoms with Crippen molar-refractivity contribution in [2.24, 2.45) is 7.05 Å². The molecule has 7 nitrogen and oxygen atoms in total. The maximum Gasteiger partial charge on any atom is 0.261 e. The number of benzene rings is 3. The molecule has 2 aromatic heterocycles. The summed E-state index contributed by atoms with van der Waals surface area (Å²) in [6.07, 6.45) is 1.68. The topological polar surface area (TPSA) is 81.8 Å². The van der Waals surface area contributed by atoms with Gasteiger partial charge in [-0.2, -0.15) is 0 Å². The van der Waals surface area contributed by atoms with Crippen molar-refractivity contribution >= 4 is 33.5 Å². The number of para-hydroxylation sites is 3. The van der Waals surface area contributed by atoms with Crippen molar-refractivity contribution < 1.29 is 4.79 Å². The number of hydrogen-bond acceptors (Lipinski definition) is 4.